The normalized spacial score (nSPS) is 10.3. The van der Waals surface area contributed by atoms with Crippen LogP contribution in [0, 0.1) is 0 Å². The van der Waals surface area contributed by atoms with Gasteiger partial charge in [0.05, 0.1) is 0 Å². The Morgan fingerprint density at radius 3 is 1.94 bits per heavy atom. The molecule has 2 rings (SSSR count). The molecule has 0 radical (unpaired) electrons. The maximum absolute atomic E-state index is 4.86. The fraction of sp³-hybridized carbons (Fsp3) is 0.250. The van der Waals surface area contributed by atoms with Crippen LogP contribution >= 0.6 is 12.9 Å². The van der Waals surface area contributed by atoms with Gasteiger partial charge in [-0.25, -0.2) is 0 Å². The molecule has 0 saturated carbocycles. The largest absolute Gasteiger partial charge is 0.429 e. The van der Waals surface area contributed by atoms with Crippen LogP contribution in [-0.4, -0.2) is 0 Å². The predicted octanol–water partition coefficient (Wildman–Crippen LogP) is 4.92. The van der Waals surface area contributed by atoms with Crippen molar-refractivity contribution in [3.63, 3.8) is 0 Å². The van der Waals surface area contributed by atoms with Crippen LogP contribution in [0.15, 0.2) is 48.5 Å². The Labute approximate surface area is 114 Å². The molecule has 0 atom stereocenters. The van der Waals surface area contributed by atoms with Crippen molar-refractivity contribution in [2.24, 2.45) is 0 Å². The number of unbranched alkanes of at least 4 members (excludes halogenated alkanes) is 1. The number of rotatable bonds is 5. The highest BCUT2D eigenvalue weighted by Crippen LogP contribution is 2.23. The molecule has 0 N–H and O–H groups in total. The van der Waals surface area contributed by atoms with E-state index >= 15 is 0 Å². The Kier molecular flexibility index (Phi) is 4.71. The Morgan fingerprint density at radius 2 is 1.44 bits per heavy atom. The molecular formula is C16H18OS. The number of hydrogen-bond acceptors (Lipinski definition) is 2. The molecule has 1 nitrogen and oxygen atoms in total. The molecule has 0 unspecified atom stereocenters. The van der Waals surface area contributed by atoms with Gasteiger partial charge < -0.3 is 4.18 Å². The van der Waals surface area contributed by atoms with Crippen LogP contribution in [0.5, 0.6) is 5.75 Å². The molecule has 94 valence electrons. The van der Waals surface area contributed by atoms with Crippen molar-refractivity contribution < 1.29 is 4.18 Å². The number of thiol groups is 1. The van der Waals surface area contributed by atoms with E-state index in [1.54, 1.807) is 0 Å². The zero-order valence-electron chi connectivity index (χ0n) is 10.6. The van der Waals surface area contributed by atoms with Crippen molar-refractivity contribution >= 4 is 12.9 Å². The van der Waals surface area contributed by atoms with Crippen LogP contribution < -0.4 is 4.18 Å². The van der Waals surface area contributed by atoms with Gasteiger partial charge in [0.25, 0.3) is 0 Å². The Morgan fingerprint density at radius 1 is 0.889 bits per heavy atom. The van der Waals surface area contributed by atoms with Gasteiger partial charge in [0.1, 0.15) is 5.75 Å². The molecule has 0 heterocycles. The highest BCUT2D eigenvalue weighted by Gasteiger charge is 1.99. The van der Waals surface area contributed by atoms with Crippen LogP contribution in [-0.2, 0) is 6.42 Å². The molecule has 2 aromatic carbocycles. The van der Waals surface area contributed by atoms with E-state index < -0.39 is 0 Å². The van der Waals surface area contributed by atoms with E-state index in [0.717, 1.165) is 5.75 Å². The monoisotopic (exact) mass is 258 g/mol. The Hall–Kier alpha value is -1.41. The summed E-state index contributed by atoms with van der Waals surface area (Å²) < 4.78 is 4.86. The lowest BCUT2D eigenvalue weighted by Crippen LogP contribution is -1.85. The van der Waals surface area contributed by atoms with E-state index in [9.17, 15) is 0 Å². The van der Waals surface area contributed by atoms with E-state index in [0.29, 0.717) is 0 Å². The molecule has 0 aliphatic heterocycles. The van der Waals surface area contributed by atoms with E-state index in [4.69, 9.17) is 4.18 Å². The lowest BCUT2D eigenvalue weighted by molar-refractivity contribution is 0.659. The van der Waals surface area contributed by atoms with E-state index in [2.05, 4.69) is 44.1 Å². The summed E-state index contributed by atoms with van der Waals surface area (Å²) in [6, 6.07) is 16.7. The van der Waals surface area contributed by atoms with Crippen LogP contribution in [0.2, 0.25) is 0 Å². The maximum Gasteiger partial charge on any atom is 0.137 e. The third-order valence-corrected chi connectivity index (χ3v) is 3.28. The van der Waals surface area contributed by atoms with E-state index in [-0.39, 0.29) is 0 Å². The highest BCUT2D eigenvalue weighted by molar-refractivity contribution is 7.75. The summed E-state index contributed by atoms with van der Waals surface area (Å²) in [6.07, 6.45) is 3.67. The summed E-state index contributed by atoms with van der Waals surface area (Å²) in [5.74, 6) is 0.765. The summed E-state index contributed by atoms with van der Waals surface area (Å²) in [5.41, 5.74) is 3.85. The van der Waals surface area contributed by atoms with Gasteiger partial charge in [-0.1, -0.05) is 49.7 Å². The summed E-state index contributed by atoms with van der Waals surface area (Å²) in [5, 5.41) is 0. The lowest BCUT2D eigenvalue weighted by Gasteiger charge is -2.05. The first-order valence-corrected chi connectivity index (χ1v) is 6.71. The van der Waals surface area contributed by atoms with Crippen molar-refractivity contribution in [3.8, 4) is 16.9 Å². The topological polar surface area (TPSA) is 9.23 Å². The lowest BCUT2D eigenvalue weighted by atomic mass is 10.0. The molecule has 0 aromatic heterocycles. The van der Waals surface area contributed by atoms with Crippen LogP contribution in [0.4, 0.5) is 0 Å². The second kappa shape index (κ2) is 6.50. The summed E-state index contributed by atoms with van der Waals surface area (Å²) in [7, 11) is 0. The van der Waals surface area contributed by atoms with Crippen molar-refractivity contribution in [2.45, 2.75) is 26.2 Å². The maximum atomic E-state index is 4.86. The third-order valence-electron chi connectivity index (χ3n) is 3.07. The van der Waals surface area contributed by atoms with Gasteiger partial charge in [-0.3, -0.25) is 0 Å². The van der Waals surface area contributed by atoms with Crippen LogP contribution in [0.25, 0.3) is 11.1 Å². The first-order chi connectivity index (χ1) is 8.83. The molecule has 0 aliphatic rings. The molecule has 2 aromatic rings. The quantitative estimate of drug-likeness (QED) is 0.591. The second-order valence-electron chi connectivity index (χ2n) is 4.42. The van der Waals surface area contributed by atoms with Gasteiger partial charge in [0.15, 0.2) is 0 Å². The predicted molar refractivity (Wildman–Crippen MR) is 80.1 cm³/mol. The molecular weight excluding hydrogens is 240 g/mol. The van der Waals surface area contributed by atoms with E-state index in [1.807, 2.05) is 24.3 Å². The summed E-state index contributed by atoms with van der Waals surface area (Å²) in [4.78, 5) is 0. The molecule has 0 fully saturated rings. The van der Waals surface area contributed by atoms with Crippen molar-refractivity contribution in [1.29, 1.82) is 0 Å². The van der Waals surface area contributed by atoms with Crippen molar-refractivity contribution in [3.05, 3.63) is 54.1 Å². The zero-order valence-corrected chi connectivity index (χ0v) is 11.5. The van der Waals surface area contributed by atoms with Crippen molar-refractivity contribution in [2.75, 3.05) is 0 Å². The number of benzene rings is 2. The standard InChI is InChI=1S/C16H18OS/c1-2-3-4-13-5-7-14(8-6-13)15-9-11-16(17-18)12-10-15/h5-12,18H,2-4H2,1H3. The Bertz CT molecular complexity index is 473. The van der Waals surface area contributed by atoms with Gasteiger partial charge in [0, 0.05) is 12.9 Å². The van der Waals surface area contributed by atoms with Gasteiger partial charge in [0.2, 0.25) is 0 Å². The summed E-state index contributed by atoms with van der Waals surface area (Å²) >= 11 is 3.78. The molecule has 18 heavy (non-hydrogen) atoms. The minimum Gasteiger partial charge on any atom is -0.429 e. The van der Waals surface area contributed by atoms with Crippen LogP contribution in [0.1, 0.15) is 25.3 Å². The highest BCUT2D eigenvalue weighted by atomic mass is 32.1. The van der Waals surface area contributed by atoms with Gasteiger partial charge in [-0.15, -0.1) is 0 Å². The minimum absolute atomic E-state index is 0.765. The average Bonchev–Trinajstić information content (AvgIpc) is 2.46. The SMILES string of the molecule is CCCCc1ccc(-c2ccc(OS)cc2)cc1. The minimum atomic E-state index is 0.765. The van der Waals surface area contributed by atoms with Gasteiger partial charge in [-0.2, -0.15) is 0 Å². The van der Waals surface area contributed by atoms with Gasteiger partial charge in [-0.05, 0) is 41.7 Å². The smallest absolute Gasteiger partial charge is 0.137 e. The summed E-state index contributed by atoms with van der Waals surface area (Å²) in [6.45, 7) is 2.22. The second-order valence-corrected chi connectivity index (χ2v) is 4.60. The van der Waals surface area contributed by atoms with Crippen LogP contribution in [0.3, 0.4) is 0 Å². The van der Waals surface area contributed by atoms with Crippen molar-refractivity contribution in [1.82, 2.24) is 0 Å². The molecule has 0 spiro atoms. The molecule has 0 bridgehead atoms. The Balaban J connectivity index is 2.12. The average molecular weight is 258 g/mol. The molecule has 0 amide bonds. The molecule has 0 aliphatic carbocycles. The third kappa shape index (κ3) is 3.30. The van der Waals surface area contributed by atoms with E-state index in [1.165, 1.54) is 36.0 Å². The number of aryl methyl sites for hydroxylation is 1. The fourth-order valence-corrected chi connectivity index (χ4v) is 2.07. The molecule has 0 saturated heterocycles. The fourth-order valence-electron chi connectivity index (χ4n) is 1.95. The first kappa shape index (κ1) is 13.0. The zero-order chi connectivity index (χ0) is 12.8. The number of hydrogen-bond donors (Lipinski definition) is 1. The molecule has 2 heteroatoms. The first-order valence-electron chi connectivity index (χ1n) is 6.34. The van der Waals surface area contributed by atoms with Gasteiger partial charge >= 0.3 is 0 Å².